The molecule has 0 amide bonds. The van der Waals surface area contributed by atoms with Crippen LogP contribution in [0.2, 0.25) is 5.02 Å². The molecular weight excluding hydrogens is 208 g/mol. The van der Waals surface area contributed by atoms with Gasteiger partial charge < -0.3 is 5.73 Å². The fourth-order valence-corrected chi connectivity index (χ4v) is 1.65. The molecule has 0 fully saturated rings. The minimum Gasteiger partial charge on any atom is -0.324 e. The molecule has 2 N–H and O–H groups in total. The van der Waals surface area contributed by atoms with Gasteiger partial charge in [-0.1, -0.05) is 23.7 Å². The third kappa shape index (κ3) is 3.23. The zero-order valence-electron chi connectivity index (χ0n) is 9.00. The van der Waals surface area contributed by atoms with E-state index in [-0.39, 0.29) is 12.0 Å². The lowest BCUT2D eigenvalue weighted by Gasteiger charge is -2.10. The Morgan fingerprint density at radius 3 is 2.60 bits per heavy atom. The standard InChI is InChI=1S/C12H15ClN2/c1-8(7-14)5-11-4-3-10(9(2)15)6-12(11)13/h3-4,6,8-9H,5,15H2,1-2H3. The summed E-state index contributed by atoms with van der Waals surface area (Å²) in [6.45, 7) is 3.80. The average Bonchev–Trinajstić information content (AvgIpc) is 2.20. The third-order valence-corrected chi connectivity index (χ3v) is 2.70. The second-order valence-electron chi connectivity index (χ2n) is 3.87. The highest BCUT2D eigenvalue weighted by Crippen LogP contribution is 2.23. The van der Waals surface area contributed by atoms with E-state index < -0.39 is 0 Å². The molecule has 1 rings (SSSR count). The molecule has 0 heterocycles. The molecule has 80 valence electrons. The summed E-state index contributed by atoms with van der Waals surface area (Å²) < 4.78 is 0. The quantitative estimate of drug-likeness (QED) is 0.855. The fourth-order valence-electron chi connectivity index (χ4n) is 1.39. The van der Waals surface area contributed by atoms with Crippen molar-refractivity contribution in [3.05, 3.63) is 34.3 Å². The van der Waals surface area contributed by atoms with Crippen molar-refractivity contribution in [1.29, 1.82) is 5.26 Å². The monoisotopic (exact) mass is 222 g/mol. The van der Waals surface area contributed by atoms with Crippen LogP contribution in [0.3, 0.4) is 0 Å². The topological polar surface area (TPSA) is 49.8 Å². The number of hydrogen-bond donors (Lipinski definition) is 1. The molecule has 0 bridgehead atoms. The van der Waals surface area contributed by atoms with E-state index in [9.17, 15) is 0 Å². The van der Waals surface area contributed by atoms with Crippen LogP contribution in [-0.4, -0.2) is 0 Å². The maximum Gasteiger partial charge on any atom is 0.0656 e. The second kappa shape index (κ2) is 5.16. The van der Waals surface area contributed by atoms with Crippen molar-refractivity contribution in [2.75, 3.05) is 0 Å². The molecular formula is C12H15ClN2. The first-order valence-electron chi connectivity index (χ1n) is 4.98. The molecule has 2 atom stereocenters. The van der Waals surface area contributed by atoms with E-state index in [4.69, 9.17) is 22.6 Å². The van der Waals surface area contributed by atoms with Gasteiger partial charge in [-0.2, -0.15) is 5.26 Å². The van der Waals surface area contributed by atoms with Gasteiger partial charge in [0.25, 0.3) is 0 Å². The van der Waals surface area contributed by atoms with E-state index in [0.29, 0.717) is 11.4 Å². The first kappa shape index (κ1) is 12.0. The van der Waals surface area contributed by atoms with Crippen LogP contribution >= 0.6 is 11.6 Å². The summed E-state index contributed by atoms with van der Waals surface area (Å²) in [6, 6.07) is 7.99. The van der Waals surface area contributed by atoms with E-state index in [1.807, 2.05) is 32.0 Å². The molecule has 0 saturated carbocycles. The van der Waals surface area contributed by atoms with Gasteiger partial charge in [-0.3, -0.25) is 0 Å². The highest BCUT2D eigenvalue weighted by atomic mass is 35.5. The van der Waals surface area contributed by atoms with Crippen LogP contribution in [0.5, 0.6) is 0 Å². The molecule has 2 nitrogen and oxygen atoms in total. The second-order valence-corrected chi connectivity index (χ2v) is 4.28. The normalized spacial score (nSPS) is 14.3. The number of nitriles is 1. The number of benzene rings is 1. The van der Waals surface area contributed by atoms with Crippen molar-refractivity contribution in [3.8, 4) is 6.07 Å². The van der Waals surface area contributed by atoms with Crippen molar-refractivity contribution in [1.82, 2.24) is 0 Å². The van der Waals surface area contributed by atoms with Crippen molar-refractivity contribution < 1.29 is 0 Å². The number of hydrogen-bond acceptors (Lipinski definition) is 2. The first-order chi connectivity index (χ1) is 7.04. The fraction of sp³-hybridized carbons (Fsp3) is 0.417. The lowest BCUT2D eigenvalue weighted by molar-refractivity contribution is 0.737. The van der Waals surface area contributed by atoms with Crippen LogP contribution in [0.15, 0.2) is 18.2 Å². The highest BCUT2D eigenvalue weighted by molar-refractivity contribution is 6.31. The van der Waals surface area contributed by atoms with E-state index in [0.717, 1.165) is 11.1 Å². The highest BCUT2D eigenvalue weighted by Gasteiger charge is 2.08. The van der Waals surface area contributed by atoms with Gasteiger partial charge in [0.1, 0.15) is 0 Å². The third-order valence-electron chi connectivity index (χ3n) is 2.35. The molecule has 1 aromatic rings. The summed E-state index contributed by atoms with van der Waals surface area (Å²) in [5.41, 5.74) is 7.78. The SMILES string of the molecule is CC(C#N)Cc1ccc(C(C)N)cc1Cl. The number of nitrogens with zero attached hydrogens (tertiary/aromatic N) is 1. The van der Waals surface area contributed by atoms with Crippen molar-refractivity contribution >= 4 is 11.6 Å². The molecule has 0 spiro atoms. The van der Waals surface area contributed by atoms with Crippen LogP contribution in [0.25, 0.3) is 0 Å². The number of nitrogens with two attached hydrogens (primary N) is 1. The van der Waals surface area contributed by atoms with Crippen LogP contribution in [-0.2, 0) is 6.42 Å². The van der Waals surface area contributed by atoms with Crippen LogP contribution in [0.1, 0.15) is 31.0 Å². The van der Waals surface area contributed by atoms with Crippen LogP contribution in [0.4, 0.5) is 0 Å². The summed E-state index contributed by atoms with van der Waals surface area (Å²) in [4.78, 5) is 0. The average molecular weight is 223 g/mol. The van der Waals surface area contributed by atoms with Crippen LogP contribution in [0, 0.1) is 17.2 Å². The molecule has 0 aliphatic heterocycles. The molecule has 2 unspecified atom stereocenters. The summed E-state index contributed by atoms with van der Waals surface area (Å²) in [5.74, 6) is -0.0105. The zero-order valence-corrected chi connectivity index (χ0v) is 9.75. The largest absolute Gasteiger partial charge is 0.324 e. The summed E-state index contributed by atoms with van der Waals surface area (Å²) in [7, 11) is 0. The predicted octanol–water partition coefficient (Wildman–Crippen LogP) is 3.06. The Labute approximate surface area is 95.7 Å². The smallest absolute Gasteiger partial charge is 0.0656 e. The summed E-state index contributed by atoms with van der Waals surface area (Å²) in [5, 5.41) is 9.42. The van der Waals surface area contributed by atoms with Crippen LogP contribution < -0.4 is 5.73 Å². The Hall–Kier alpha value is -1.04. The minimum atomic E-state index is -0.0105. The minimum absolute atomic E-state index is 0.00931. The Morgan fingerprint density at radius 1 is 1.47 bits per heavy atom. The molecule has 15 heavy (non-hydrogen) atoms. The van der Waals surface area contributed by atoms with Gasteiger partial charge in [0.15, 0.2) is 0 Å². The maximum atomic E-state index is 8.72. The van der Waals surface area contributed by atoms with Crippen molar-refractivity contribution in [2.45, 2.75) is 26.3 Å². The van der Waals surface area contributed by atoms with Gasteiger partial charge in [-0.15, -0.1) is 0 Å². The Bertz CT molecular complexity index is 380. The summed E-state index contributed by atoms with van der Waals surface area (Å²) >= 11 is 6.11. The van der Waals surface area contributed by atoms with E-state index in [2.05, 4.69) is 6.07 Å². The van der Waals surface area contributed by atoms with Gasteiger partial charge in [0.05, 0.1) is 6.07 Å². The Balaban J connectivity index is 2.89. The molecule has 0 aromatic heterocycles. The van der Waals surface area contributed by atoms with Gasteiger partial charge in [-0.25, -0.2) is 0 Å². The lowest BCUT2D eigenvalue weighted by atomic mass is 10.00. The number of halogens is 1. The predicted molar refractivity (Wildman–Crippen MR) is 62.5 cm³/mol. The number of rotatable bonds is 3. The lowest BCUT2D eigenvalue weighted by Crippen LogP contribution is -2.05. The van der Waals surface area contributed by atoms with Crippen molar-refractivity contribution in [3.63, 3.8) is 0 Å². The Morgan fingerprint density at radius 2 is 2.13 bits per heavy atom. The molecule has 0 aliphatic rings. The van der Waals surface area contributed by atoms with Crippen molar-refractivity contribution in [2.24, 2.45) is 11.7 Å². The van der Waals surface area contributed by atoms with E-state index in [1.54, 1.807) is 0 Å². The van der Waals surface area contributed by atoms with Gasteiger partial charge in [0, 0.05) is 17.0 Å². The van der Waals surface area contributed by atoms with Gasteiger partial charge in [0.2, 0.25) is 0 Å². The van der Waals surface area contributed by atoms with Gasteiger partial charge >= 0.3 is 0 Å². The zero-order chi connectivity index (χ0) is 11.4. The summed E-state index contributed by atoms with van der Waals surface area (Å²) in [6.07, 6.45) is 0.689. The van der Waals surface area contributed by atoms with E-state index in [1.165, 1.54) is 0 Å². The van der Waals surface area contributed by atoms with E-state index >= 15 is 0 Å². The van der Waals surface area contributed by atoms with Gasteiger partial charge in [-0.05, 0) is 37.5 Å². The molecule has 3 heteroatoms. The molecule has 0 saturated heterocycles. The first-order valence-corrected chi connectivity index (χ1v) is 5.36. The molecule has 0 aliphatic carbocycles. The molecule has 1 aromatic carbocycles. The molecule has 0 radical (unpaired) electrons. The Kier molecular flexibility index (Phi) is 4.14. The maximum absolute atomic E-state index is 8.72.